The molecule has 11 heteroatoms. The Morgan fingerprint density at radius 2 is 1.05 bits per heavy atom. The summed E-state index contributed by atoms with van der Waals surface area (Å²) in [4.78, 5) is 49.8. The lowest BCUT2D eigenvalue weighted by Gasteiger charge is -2.28. The molecule has 0 rings (SSSR count). The van der Waals surface area contributed by atoms with Gasteiger partial charge in [0.05, 0.1) is 27.7 Å². The molecule has 0 aromatic rings. The van der Waals surface area contributed by atoms with Crippen LogP contribution in [0.1, 0.15) is 136 Å². The summed E-state index contributed by atoms with van der Waals surface area (Å²) in [6, 6.07) is 0. The van der Waals surface area contributed by atoms with Crippen LogP contribution in [0.2, 0.25) is 0 Å². The number of unbranched alkanes of at least 4 members (excludes halogenated alkanes) is 6. The Hall–Kier alpha value is -3.66. The Labute approximate surface area is 370 Å². The van der Waals surface area contributed by atoms with Crippen LogP contribution in [0.3, 0.4) is 0 Å². The lowest BCUT2D eigenvalue weighted by atomic mass is 10.1. The summed E-state index contributed by atoms with van der Waals surface area (Å²) in [5, 5.41) is 0. The molecule has 0 saturated carbocycles. The summed E-state index contributed by atoms with van der Waals surface area (Å²) in [6.45, 7) is 3.77. The van der Waals surface area contributed by atoms with Gasteiger partial charge in [-0.1, -0.05) is 143 Å². The zero-order chi connectivity index (χ0) is 45.1. The van der Waals surface area contributed by atoms with E-state index in [1.165, 1.54) is 51.0 Å². The Balaban J connectivity index is 4.69. The van der Waals surface area contributed by atoms with Gasteiger partial charge in [-0.3, -0.25) is 18.9 Å². The highest BCUT2D eigenvalue weighted by Crippen LogP contribution is 2.38. The maximum absolute atomic E-state index is 12.7. The SMILES string of the molecule is CCCCC/C=C\C/C=C\C/C=C\C=C\C(=O)CCCC(=O)OC[C@H](COP(=O)([O-])OCC[N+](C)(C)C)OC(=O)CC/C=C\C/C=C\C/C=C\C/C=C\C/C=C\CCCCC. The van der Waals surface area contributed by atoms with Crippen molar-refractivity contribution in [1.29, 1.82) is 0 Å². The van der Waals surface area contributed by atoms with E-state index in [2.05, 4.69) is 86.8 Å². The quantitative estimate of drug-likeness (QED) is 0.0113. The maximum Gasteiger partial charge on any atom is 0.306 e. The number of allylic oxidation sites excluding steroid dienone is 18. The van der Waals surface area contributed by atoms with Crippen molar-refractivity contribution in [3.8, 4) is 0 Å². The molecule has 0 aromatic carbocycles. The van der Waals surface area contributed by atoms with E-state index < -0.39 is 39.1 Å². The van der Waals surface area contributed by atoms with E-state index in [4.69, 9.17) is 18.5 Å². The van der Waals surface area contributed by atoms with Crippen LogP contribution in [0, 0.1) is 0 Å². The van der Waals surface area contributed by atoms with Crippen LogP contribution in [-0.4, -0.2) is 75.8 Å². The Morgan fingerprint density at radius 3 is 1.56 bits per heavy atom. The summed E-state index contributed by atoms with van der Waals surface area (Å²) in [5.74, 6) is -1.32. The highest BCUT2D eigenvalue weighted by Gasteiger charge is 2.21. The first-order chi connectivity index (χ1) is 29.4. The number of ketones is 1. The van der Waals surface area contributed by atoms with Gasteiger partial charge < -0.3 is 27.9 Å². The number of carbonyl (C=O) groups is 3. The largest absolute Gasteiger partial charge is 0.756 e. The molecule has 1 unspecified atom stereocenters. The third-order valence-electron chi connectivity index (χ3n) is 8.76. The van der Waals surface area contributed by atoms with Gasteiger partial charge >= 0.3 is 11.9 Å². The molecule has 2 atom stereocenters. The lowest BCUT2D eigenvalue weighted by molar-refractivity contribution is -0.870. The van der Waals surface area contributed by atoms with Gasteiger partial charge in [0.15, 0.2) is 11.9 Å². The van der Waals surface area contributed by atoms with Crippen molar-refractivity contribution >= 4 is 25.5 Å². The molecule has 0 aliphatic rings. The number of quaternary nitrogens is 1. The molecule has 0 aliphatic carbocycles. The third kappa shape index (κ3) is 44.2. The van der Waals surface area contributed by atoms with Gasteiger partial charge in [-0.05, 0) is 83.1 Å². The topological polar surface area (TPSA) is 128 Å². The average molecular weight is 870 g/mol. The molecule has 0 radical (unpaired) electrons. The summed E-state index contributed by atoms with van der Waals surface area (Å²) in [5.41, 5.74) is 0. The first kappa shape index (κ1) is 57.3. The number of ether oxygens (including phenoxy) is 2. The zero-order valence-corrected chi connectivity index (χ0v) is 39.2. The molecule has 344 valence electrons. The summed E-state index contributed by atoms with van der Waals surface area (Å²) < 4.78 is 33.6. The number of phosphoric ester groups is 1. The van der Waals surface area contributed by atoms with E-state index in [9.17, 15) is 23.8 Å². The van der Waals surface area contributed by atoms with Crippen LogP contribution in [0.5, 0.6) is 0 Å². The number of carbonyl (C=O) groups excluding carboxylic acids is 3. The number of nitrogens with zero attached hydrogens (tertiary/aromatic N) is 1. The van der Waals surface area contributed by atoms with Crippen molar-refractivity contribution < 1.29 is 46.8 Å². The molecule has 0 aromatic heterocycles. The minimum absolute atomic E-state index is 0.0345. The molecular weight excluding hydrogens is 790 g/mol. The average Bonchev–Trinajstić information content (AvgIpc) is 3.21. The molecule has 0 N–H and O–H groups in total. The first-order valence-corrected chi connectivity index (χ1v) is 24.0. The molecule has 0 bridgehead atoms. The molecule has 10 nitrogen and oxygen atoms in total. The normalized spacial score (nSPS) is 14.5. The highest BCUT2D eigenvalue weighted by atomic mass is 31.2. The fourth-order valence-corrected chi connectivity index (χ4v) is 5.91. The minimum Gasteiger partial charge on any atom is -0.756 e. The maximum atomic E-state index is 12.7. The highest BCUT2D eigenvalue weighted by molar-refractivity contribution is 7.45. The van der Waals surface area contributed by atoms with Crippen molar-refractivity contribution in [3.05, 3.63) is 109 Å². The number of hydrogen-bond acceptors (Lipinski definition) is 9. The van der Waals surface area contributed by atoms with Crippen LogP contribution in [0.25, 0.3) is 0 Å². The van der Waals surface area contributed by atoms with E-state index in [1.807, 2.05) is 45.4 Å². The molecule has 0 fully saturated rings. The summed E-state index contributed by atoms with van der Waals surface area (Å²) in [7, 11) is 0.975. The Morgan fingerprint density at radius 1 is 0.557 bits per heavy atom. The second-order valence-corrected chi connectivity index (χ2v) is 17.1. The second kappa shape index (κ2) is 40.4. The van der Waals surface area contributed by atoms with Gasteiger partial charge in [0, 0.05) is 19.3 Å². The lowest BCUT2D eigenvalue weighted by Crippen LogP contribution is -2.37. The van der Waals surface area contributed by atoms with E-state index in [0.29, 0.717) is 17.4 Å². The molecule has 61 heavy (non-hydrogen) atoms. The van der Waals surface area contributed by atoms with Crippen molar-refractivity contribution in [2.24, 2.45) is 0 Å². The van der Waals surface area contributed by atoms with Gasteiger partial charge in [-0.25, -0.2) is 0 Å². The van der Waals surface area contributed by atoms with Crippen LogP contribution in [0.15, 0.2) is 109 Å². The Bertz CT molecular complexity index is 1460. The number of likely N-dealkylation sites (N-methyl/N-ethyl adjacent to an activating group) is 1. The standard InChI is InChI=1S/C50H80NO9P/c1-6-8-10-12-14-16-18-20-21-22-23-24-25-27-29-31-33-35-37-41-50(54)60-48(46-59-61(55,56)58-44-43-51(3,4)5)45-57-49(53)42-38-40-47(52)39-36-34-32-30-28-26-19-17-15-13-11-9-7-2/h14-17,20-21,23-24,26-29,32-36,39,48H,6-13,18-19,22,25,30-31,37-38,40-46H2,1-5H3/b16-14-,17-15-,21-20-,24-23-,28-26-,29-27-,34-32-,35-33-,39-36+/t48-/m1/s1. The van der Waals surface area contributed by atoms with Gasteiger partial charge in [0.2, 0.25) is 0 Å². The van der Waals surface area contributed by atoms with E-state index >= 15 is 0 Å². The van der Waals surface area contributed by atoms with Gasteiger partial charge in [-0.2, -0.15) is 0 Å². The summed E-state index contributed by atoms with van der Waals surface area (Å²) in [6.07, 6.45) is 51.4. The third-order valence-corrected chi connectivity index (χ3v) is 9.72. The number of hydrogen-bond donors (Lipinski definition) is 0. The van der Waals surface area contributed by atoms with Crippen LogP contribution in [0.4, 0.5) is 0 Å². The second-order valence-electron chi connectivity index (χ2n) is 15.7. The van der Waals surface area contributed by atoms with Crippen molar-refractivity contribution in [1.82, 2.24) is 0 Å². The van der Waals surface area contributed by atoms with Gasteiger partial charge in [-0.15, -0.1) is 0 Å². The van der Waals surface area contributed by atoms with Crippen molar-refractivity contribution in [3.63, 3.8) is 0 Å². The molecule has 0 amide bonds. The number of phosphoric acid groups is 1. The number of rotatable bonds is 39. The molecule has 0 saturated heterocycles. The molecule has 0 heterocycles. The van der Waals surface area contributed by atoms with Crippen LogP contribution >= 0.6 is 7.82 Å². The minimum atomic E-state index is -4.71. The van der Waals surface area contributed by atoms with Crippen molar-refractivity contribution in [2.45, 2.75) is 142 Å². The summed E-state index contributed by atoms with van der Waals surface area (Å²) >= 11 is 0. The van der Waals surface area contributed by atoms with E-state index in [1.54, 1.807) is 6.08 Å². The fraction of sp³-hybridized carbons (Fsp3) is 0.580. The van der Waals surface area contributed by atoms with Gasteiger partial charge in [0.1, 0.15) is 19.8 Å². The van der Waals surface area contributed by atoms with E-state index in [0.717, 1.165) is 44.9 Å². The zero-order valence-electron chi connectivity index (χ0n) is 38.3. The monoisotopic (exact) mass is 870 g/mol. The molecule has 0 spiro atoms. The van der Waals surface area contributed by atoms with Crippen LogP contribution in [-0.2, 0) is 37.5 Å². The number of esters is 2. The smallest absolute Gasteiger partial charge is 0.306 e. The predicted molar refractivity (Wildman–Crippen MR) is 250 cm³/mol. The molecular formula is C50H80NO9P. The van der Waals surface area contributed by atoms with E-state index in [-0.39, 0.29) is 38.1 Å². The van der Waals surface area contributed by atoms with Gasteiger partial charge in [0.25, 0.3) is 7.82 Å². The Kier molecular flexibility index (Phi) is 38.0. The van der Waals surface area contributed by atoms with Crippen molar-refractivity contribution in [2.75, 3.05) is 47.5 Å². The molecule has 0 aliphatic heterocycles. The fourth-order valence-electron chi connectivity index (χ4n) is 5.18. The van der Waals surface area contributed by atoms with Crippen LogP contribution < -0.4 is 4.89 Å². The first-order valence-electron chi connectivity index (χ1n) is 22.5. The predicted octanol–water partition coefficient (Wildman–Crippen LogP) is 11.7.